The van der Waals surface area contributed by atoms with Crippen molar-refractivity contribution in [1.82, 2.24) is 5.32 Å². The molecule has 1 amide bonds. The Morgan fingerprint density at radius 2 is 1.96 bits per heavy atom. The lowest BCUT2D eigenvalue weighted by atomic mass is 10.2. The van der Waals surface area contributed by atoms with E-state index in [4.69, 9.17) is 9.25 Å². The molecule has 5 heteroatoms. The Bertz CT molecular complexity index is 807. The minimum atomic E-state index is -0.256. The average molecular weight is 322 g/mol. The first-order valence-electron chi connectivity index (χ1n) is 7.70. The third-order valence-corrected chi connectivity index (χ3v) is 3.52. The lowest BCUT2D eigenvalue weighted by molar-refractivity contribution is -0.126. The van der Waals surface area contributed by atoms with Crippen LogP contribution in [0.4, 0.5) is 0 Å². The van der Waals surface area contributed by atoms with Crippen LogP contribution in [-0.2, 0) is 9.63 Å². The number of carbonyl (C=O) groups excluding carboxylic acids is 1. The van der Waals surface area contributed by atoms with Gasteiger partial charge < -0.3 is 14.6 Å². The molecule has 3 rings (SSSR count). The lowest BCUT2D eigenvalue weighted by Crippen LogP contribution is -2.29. The van der Waals surface area contributed by atoms with Gasteiger partial charge in [-0.15, -0.1) is 0 Å². The van der Waals surface area contributed by atoms with Crippen molar-refractivity contribution in [2.75, 3.05) is 6.61 Å². The van der Waals surface area contributed by atoms with Crippen LogP contribution in [-0.4, -0.2) is 18.7 Å². The van der Waals surface area contributed by atoms with Crippen LogP contribution in [0.3, 0.4) is 0 Å². The van der Waals surface area contributed by atoms with E-state index in [2.05, 4.69) is 10.5 Å². The van der Waals surface area contributed by atoms with Crippen LogP contribution < -0.4 is 5.32 Å². The van der Waals surface area contributed by atoms with Gasteiger partial charge in [0.15, 0.2) is 6.61 Å². The van der Waals surface area contributed by atoms with Gasteiger partial charge in [-0.05, 0) is 24.6 Å². The number of fused-ring (bicyclic) bond motifs is 1. The Balaban J connectivity index is 1.50. The predicted molar refractivity (Wildman–Crippen MR) is 92.8 cm³/mol. The number of amides is 1. The fraction of sp³-hybridized carbons (Fsp3) is 0.158. The smallest absolute Gasteiger partial charge is 0.261 e. The molecule has 0 aliphatic heterocycles. The molecule has 0 fully saturated rings. The molecule has 24 heavy (non-hydrogen) atoms. The summed E-state index contributed by atoms with van der Waals surface area (Å²) in [5, 5.41) is 7.62. The zero-order chi connectivity index (χ0) is 16.8. The van der Waals surface area contributed by atoms with Crippen molar-refractivity contribution in [1.29, 1.82) is 0 Å². The van der Waals surface area contributed by atoms with Gasteiger partial charge in [-0.3, -0.25) is 4.79 Å². The second kappa shape index (κ2) is 7.46. The third kappa shape index (κ3) is 4.01. The highest BCUT2D eigenvalue weighted by Crippen LogP contribution is 2.23. The number of nitrogens with zero attached hydrogens (tertiary/aromatic N) is 1. The zero-order valence-corrected chi connectivity index (χ0v) is 13.3. The van der Waals surface area contributed by atoms with E-state index < -0.39 is 0 Å². The van der Waals surface area contributed by atoms with Gasteiger partial charge in [0.1, 0.15) is 11.3 Å². The summed E-state index contributed by atoms with van der Waals surface area (Å²) in [6.45, 7) is 1.72. The zero-order valence-electron chi connectivity index (χ0n) is 13.3. The predicted octanol–water partition coefficient (Wildman–Crippen LogP) is 3.66. The molecule has 1 N–H and O–H groups in total. The number of hydrogen-bond donors (Lipinski definition) is 1. The highest BCUT2D eigenvalue weighted by molar-refractivity contribution is 5.80. The molecule has 0 saturated carbocycles. The van der Waals surface area contributed by atoms with Gasteiger partial charge >= 0.3 is 0 Å². The van der Waals surface area contributed by atoms with E-state index in [-0.39, 0.29) is 18.6 Å². The first-order valence-corrected chi connectivity index (χ1v) is 7.70. The third-order valence-electron chi connectivity index (χ3n) is 3.52. The molecule has 0 aliphatic carbocycles. The maximum absolute atomic E-state index is 11.9. The quantitative estimate of drug-likeness (QED) is 0.556. The summed E-state index contributed by atoms with van der Waals surface area (Å²) < 4.78 is 5.73. The van der Waals surface area contributed by atoms with Gasteiger partial charge in [0.2, 0.25) is 0 Å². The summed E-state index contributed by atoms with van der Waals surface area (Å²) >= 11 is 0. The average Bonchev–Trinajstić information content (AvgIpc) is 3.04. The van der Waals surface area contributed by atoms with E-state index in [9.17, 15) is 4.79 Å². The van der Waals surface area contributed by atoms with E-state index in [1.165, 1.54) is 0 Å². The van der Waals surface area contributed by atoms with Crippen molar-refractivity contribution >= 4 is 23.1 Å². The highest BCUT2D eigenvalue weighted by atomic mass is 16.6. The van der Waals surface area contributed by atoms with E-state index >= 15 is 0 Å². The number of para-hydroxylation sites is 1. The Morgan fingerprint density at radius 3 is 2.75 bits per heavy atom. The summed E-state index contributed by atoms with van der Waals surface area (Å²) in [6, 6.07) is 18.9. The maximum Gasteiger partial charge on any atom is 0.261 e. The summed E-state index contributed by atoms with van der Waals surface area (Å²) in [4.78, 5) is 16.9. The van der Waals surface area contributed by atoms with Crippen molar-refractivity contribution in [2.45, 2.75) is 13.0 Å². The normalized spacial score (nSPS) is 12.4. The number of benzene rings is 2. The molecular weight excluding hydrogens is 304 g/mol. The number of furan rings is 1. The largest absolute Gasteiger partial charge is 0.459 e. The number of oxime groups is 1. The lowest BCUT2D eigenvalue weighted by Gasteiger charge is -2.10. The molecular formula is C19H18N2O3. The van der Waals surface area contributed by atoms with Crippen molar-refractivity contribution < 1.29 is 14.0 Å². The van der Waals surface area contributed by atoms with Crippen molar-refractivity contribution in [3.8, 4) is 0 Å². The monoisotopic (exact) mass is 322 g/mol. The SMILES string of the molecule is CC(NC(=O)CO/N=C/c1ccccc1)c1cc2ccccc2o1. The molecule has 3 aromatic rings. The summed E-state index contributed by atoms with van der Waals surface area (Å²) in [5.74, 6) is 0.450. The fourth-order valence-corrected chi connectivity index (χ4v) is 2.30. The van der Waals surface area contributed by atoms with Crippen LogP contribution in [0.2, 0.25) is 0 Å². The topological polar surface area (TPSA) is 63.8 Å². The summed E-state index contributed by atoms with van der Waals surface area (Å²) in [5.41, 5.74) is 1.71. The number of rotatable bonds is 6. The Hall–Kier alpha value is -3.08. The van der Waals surface area contributed by atoms with Gasteiger partial charge in [-0.1, -0.05) is 53.7 Å². The highest BCUT2D eigenvalue weighted by Gasteiger charge is 2.14. The fourth-order valence-electron chi connectivity index (χ4n) is 2.30. The van der Waals surface area contributed by atoms with E-state index in [1.807, 2.05) is 67.6 Å². The molecule has 5 nitrogen and oxygen atoms in total. The molecule has 1 aromatic heterocycles. The molecule has 1 unspecified atom stereocenters. The Morgan fingerprint density at radius 1 is 1.21 bits per heavy atom. The standard InChI is InChI=1S/C19H18N2O3/c1-14(18-11-16-9-5-6-10-17(16)24-18)21-19(22)13-23-20-12-15-7-3-2-4-8-15/h2-12,14H,13H2,1H3,(H,21,22)/b20-12+. The van der Waals surface area contributed by atoms with Crippen molar-refractivity contribution in [2.24, 2.45) is 5.16 Å². The molecule has 0 bridgehead atoms. The summed E-state index contributed by atoms with van der Waals surface area (Å²) in [6.07, 6.45) is 1.57. The number of hydrogen-bond acceptors (Lipinski definition) is 4. The first-order chi connectivity index (χ1) is 11.7. The minimum Gasteiger partial charge on any atom is -0.459 e. The van der Waals surface area contributed by atoms with Gasteiger partial charge in [0.25, 0.3) is 5.91 Å². The molecule has 0 spiro atoms. The second-order valence-electron chi connectivity index (χ2n) is 5.39. The van der Waals surface area contributed by atoms with Crippen molar-refractivity contribution in [3.05, 3.63) is 72.0 Å². The minimum absolute atomic E-state index is 0.145. The van der Waals surface area contributed by atoms with Crippen LogP contribution in [0.1, 0.15) is 24.3 Å². The van der Waals surface area contributed by atoms with Gasteiger partial charge in [0, 0.05) is 5.39 Å². The number of carbonyl (C=O) groups is 1. The van der Waals surface area contributed by atoms with E-state index in [1.54, 1.807) is 6.21 Å². The molecule has 1 heterocycles. The van der Waals surface area contributed by atoms with Gasteiger partial charge in [-0.25, -0.2) is 0 Å². The summed E-state index contributed by atoms with van der Waals surface area (Å²) in [7, 11) is 0. The van der Waals surface area contributed by atoms with E-state index in [0.717, 1.165) is 16.5 Å². The van der Waals surface area contributed by atoms with Gasteiger partial charge in [-0.2, -0.15) is 0 Å². The van der Waals surface area contributed by atoms with Crippen LogP contribution in [0.5, 0.6) is 0 Å². The van der Waals surface area contributed by atoms with Crippen LogP contribution in [0.25, 0.3) is 11.0 Å². The maximum atomic E-state index is 11.9. The molecule has 0 radical (unpaired) electrons. The molecule has 2 aromatic carbocycles. The van der Waals surface area contributed by atoms with E-state index in [0.29, 0.717) is 5.76 Å². The van der Waals surface area contributed by atoms with Crippen LogP contribution in [0, 0.1) is 0 Å². The molecule has 1 atom stereocenters. The first kappa shape index (κ1) is 15.8. The van der Waals surface area contributed by atoms with Crippen LogP contribution in [0.15, 0.2) is 70.2 Å². The Labute approximate surface area is 139 Å². The molecule has 0 aliphatic rings. The second-order valence-corrected chi connectivity index (χ2v) is 5.39. The molecule has 0 saturated heterocycles. The molecule has 122 valence electrons. The van der Waals surface area contributed by atoms with Gasteiger partial charge in [0.05, 0.1) is 12.3 Å². The van der Waals surface area contributed by atoms with Crippen molar-refractivity contribution in [3.63, 3.8) is 0 Å². The van der Waals surface area contributed by atoms with Crippen LogP contribution >= 0.6 is 0 Å². The number of nitrogens with one attached hydrogen (secondary N) is 1. The Kier molecular flexibility index (Phi) is 4.91.